The van der Waals surface area contributed by atoms with Crippen molar-refractivity contribution < 1.29 is 0 Å². The molecule has 0 spiro atoms. The second-order valence-corrected chi connectivity index (χ2v) is 7.19. The van der Waals surface area contributed by atoms with Crippen LogP contribution in [-0.2, 0) is 0 Å². The van der Waals surface area contributed by atoms with Crippen molar-refractivity contribution in [2.75, 3.05) is 23.3 Å². The predicted molar refractivity (Wildman–Crippen MR) is 93.9 cm³/mol. The van der Waals surface area contributed by atoms with Crippen molar-refractivity contribution in [3.63, 3.8) is 0 Å². The largest absolute Gasteiger partial charge is 0.378 e. The highest BCUT2D eigenvalue weighted by Gasteiger charge is 2.11. The Hall–Kier alpha value is -1.19. The molecule has 4 heteroatoms. The van der Waals surface area contributed by atoms with E-state index in [0.717, 1.165) is 10.0 Å². The molecule has 1 aliphatic heterocycles. The van der Waals surface area contributed by atoms with E-state index in [1.807, 2.05) is 6.07 Å². The molecule has 0 radical (unpaired) electrons. The lowest BCUT2D eigenvalue weighted by molar-refractivity contribution is 0.578. The Labute approximate surface area is 135 Å². The zero-order valence-corrected chi connectivity index (χ0v) is 13.9. The first-order valence-electron chi connectivity index (χ1n) is 7.58. The van der Waals surface area contributed by atoms with Crippen molar-refractivity contribution in [1.29, 1.82) is 0 Å². The quantitative estimate of drug-likeness (QED) is 0.792. The average Bonchev–Trinajstić information content (AvgIpc) is 2.96. The highest BCUT2D eigenvalue weighted by Crippen LogP contribution is 2.28. The average molecular weight is 321 g/mol. The van der Waals surface area contributed by atoms with Gasteiger partial charge in [-0.2, -0.15) is 0 Å². The fourth-order valence-corrected chi connectivity index (χ4v) is 3.79. The molecule has 112 valence electrons. The predicted octanol–water partition coefficient (Wildman–Crippen LogP) is 5.56. The summed E-state index contributed by atoms with van der Waals surface area (Å²) >= 11 is 7.58. The van der Waals surface area contributed by atoms with Crippen molar-refractivity contribution >= 4 is 34.3 Å². The van der Waals surface area contributed by atoms with Gasteiger partial charge in [0.25, 0.3) is 0 Å². The molecule has 0 saturated carbocycles. The monoisotopic (exact) mass is 320 g/mol. The van der Waals surface area contributed by atoms with E-state index in [4.69, 9.17) is 11.6 Å². The number of benzene rings is 1. The Morgan fingerprint density at radius 2 is 1.86 bits per heavy atom. The first kappa shape index (κ1) is 14.7. The van der Waals surface area contributed by atoms with Crippen LogP contribution in [-0.4, -0.2) is 13.1 Å². The normalized spacial score (nSPS) is 16.8. The van der Waals surface area contributed by atoms with E-state index in [2.05, 4.69) is 46.8 Å². The summed E-state index contributed by atoms with van der Waals surface area (Å²) in [6.45, 7) is 4.55. The molecule has 21 heavy (non-hydrogen) atoms. The number of rotatable bonds is 4. The van der Waals surface area contributed by atoms with E-state index in [-0.39, 0.29) is 6.04 Å². The second-order valence-electron chi connectivity index (χ2n) is 5.64. The minimum atomic E-state index is 0.273. The first-order chi connectivity index (χ1) is 10.2. The molecule has 1 saturated heterocycles. The number of nitrogens with zero attached hydrogens (tertiary/aromatic N) is 1. The van der Waals surface area contributed by atoms with Gasteiger partial charge in [-0.1, -0.05) is 11.6 Å². The maximum absolute atomic E-state index is 6.00. The third-order valence-electron chi connectivity index (χ3n) is 4.06. The standard InChI is InChI=1S/C17H21ClN2S/c1-13(14-11-17(18)21-12-14)19-15-5-7-16(8-6-15)20-9-3-2-4-10-20/h5-8,11-13,19H,2-4,9-10H2,1H3. The van der Waals surface area contributed by atoms with E-state index in [1.54, 1.807) is 11.3 Å². The molecular formula is C17H21ClN2S. The summed E-state index contributed by atoms with van der Waals surface area (Å²) in [7, 11) is 0. The highest BCUT2D eigenvalue weighted by molar-refractivity contribution is 7.14. The fourth-order valence-electron chi connectivity index (χ4n) is 2.80. The number of hydrogen-bond donors (Lipinski definition) is 1. The highest BCUT2D eigenvalue weighted by atomic mass is 35.5. The molecule has 0 aliphatic carbocycles. The van der Waals surface area contributed by atoms with Crippen LogP contribution in [0, 0.1) is 0 Å². The summed E-state index contributed by atoms with van der Waals surface area (Å²) in [5.74, 6) is 0. The van der Waals surface area contributed by atoms with E-state index >= 15 is 0 Å². The van der Waals surface area contributed by atoms with Gasteiger partial charge in [0.1, 0.15) is 0 Å². The zero-order valence-electron chi connectivity index (χ0n) is 12.3. The van der Waals surface area contributed by atoms with Crippen LogP contribution in [0.15, 0.2) is 35.7 Å². The van der Waals surface area contributed by atoms with E-state index in [9.17, 15) is 0 Å². The van der Waals surface area contributed by atoms with Crippen LogP contribution in [0.2, 0.25) is 4.34 Å². The number of piperidine rings is 1. The van der Waals surface area contributed by atoms with Gasteiger partial charge in [-0.25, -0.2) is 0 Å². The van der Waals surface area contributed by atoms with Crippen molar-refractivity contribution in [1.82, 2.24) is 0 Å². The fraction of sp³-hybridized carbons (Fsp3) is 0.412. The number of hydrogen-bond acceptors (Lipinski definition) is 3. The molecule has 1 fully saturated rings. The van der Waals surface area contributed by atoms with Gasteiger partial charge in [-0.15, -0.1) is 11.3 Å². The van der Waals surface area contributed by atoms with Gasteiger partial charge in [-0.3, -0.25) is 0 Å². The minimum absolute atomic E-state index is 0.273. The summed E-state index contributed by atoms with van der Waals surface area (Å²) in [5, 5.41) is 5.64. The maximum atomic E-state index is 6.00. The topological polar surface area (TPSA) is 15.3 Å². The van der Waals surface area contributed by atoms with Crippen molar-refractivity contribution in [2.45, 2.75) is 32.2 Å². The van der Waals surface area contributed by atoms with Crippen LogP contribution in [0.4, 0.5) is 11.4 Å². The molecule has 2 heterocycles. The smallest absolute Gasteiger partial charge is 0.0931 e. The molecule has 2 aromatic rings. The van der Waals surface area contributed by atoms with E-state index in [1.165, 1.54) is 43.6 Å². The summed E-state index contributed by atoms with van der Waals surface area (Å²) in [6, 6.07) is 11.1. The Bertz CT molecular complexity index is 573. The Morgan fingerprint density at radius 1 is 1.14 bits per heavy atom. The third kappa shape index (κ3) is 3.72. The number of anilines is 2. The summed E-state index contributed by atoms with van der Waals surface area (Å²) in [4.78, 5) is 2.48. The summed E-state index contributed by atoms with van der Waals surface area (Å²) < 4.78 is 0.846. The van der Waals surface area contributed by atoms with Gasteiger partial charge in [0.05, 0.1) is 4.34 Å². The van der Waals surface area contributed by atoms with Gasteiger partial charge in [0.15, 0.2) is 0 Å². The third-order valence-corrected chi connectivity index (χ3v) is 5.17. The molecule has 0 bridgehead atoms. The van der Waals surface area contributed by atoms with Crippen molar-refractivity contribution in [3.05, 3.63) is 45.6 Å². The molecule has 1 unspecified atom stereocenters. The molecule has 0 amide bonds. The van der Waals surface area contributed by atoms with Gasteiger partial charge in [0, 0.05) is 30.5 Å². The number of nitrogens with one attached hydrogen (secondary N) is 1. The summed E-state index contributed by atoms with van der Waals surface area (Å²) in [5.41, 5.74) is 3.74. The molecule has 1 aromatic carbocycles. The van der Waals surface area contributed by atoms with Crippen LogP contribution in [0.1, 0.15) is 37.8 Å². The lowest BCUT2D eigenvalue weighted by Crippen LogP contribution is -2.29. The Balaban J connectivity index is 1.63. The molecule has 1 N–H and O–H groups in total. The van der Waals surface area contributed by atoms with Crippen LogP contribution in [0.5, 0.6) is 0 Å². The van der Waals surface area contributed by atoms with Gasteiger partial charge in [0.2, 0.25) is 0 Å². The molecule has 1 atom stereocenters. The molecule has 1 aromatic heterocycles. The van der Waals surface area contributed by atoms with Crippen molar-refractivity contribution in [3.8, 4) is 0 Å². The van der Waals surface area contributed by atoms with Crippen LogP contribution < -0.4 is 10.2 Å². The second kappa shape index (κ2) is 6.71. The van der Waals surface area contributed by atoms with Crippen LogP contribution in [0.3, 0.4) is 0 Å². The minimum Gasteiger partial charge on any atom is -0.378 e. The maximum Gasteiger partial charge on any atom is 0.0931 e. The van der Waals surface area contributed by atoms with Gasteiger partial charge < -0.3 is 10.2 Å². The molecular weight excluding hydrogens is 300 g/mol. The zero-order chi connectivity index (χ0) is 14.7. The van der Waals surface area contributed by atoms with E-state index < -0.39 is 0 Å². The Kier molecular flexibility index (Phi) is 4.71. The molecule has 3 rings (SSSR count). The number of halogens is 1. The van der Waals surface area contributed by atoms with Crippen LogP contribution in [0.25, 0.3) is 0 Å². The van der Waals surface area contributed by atoms with Crippen LogP contribution >= 0.6 is 22.9 Å². The van der Waals surface area contributed by atoms with Gasteiger partial charge in [-0.05, 0) is 67.5 Å². The lowest BCUT2D eigenvalue weighted by Gasteiger charge is -2.29. The van der Waals surface area contributed by atoms with Crippen molar-refractivity contribution in [2.24, 2.45) is 0 Å². The first-order valence-corrected chi connectivity index (χ1v) is 8.83. The summed E-state index contributed by atoms with van der Waals surface area (Å²) in [6.07, 6.45) is 4.00. The van der Waals surface area contributed by atoms with Gasteiger partial charge >= 0.3 is 0 Å². The Morgan fingerprint density at radius 3 is 2.48 bits per heavy atom. The van der Waals surface area contributed by atoms with E-state index in [0.29, 0.717) is 0 Å². The number of thiophene rings is 1. The molecule has 2 nitrogen and oxygen atoms in total. The lowest BCUT2D eigenvalue weighted by atomic mass is 10.1. The molecule has 1 aliphatic rings. The SMILES string of the molecule is CC(Nc1ccc(N2CCCCC2)cc1)c1csc(Cl)c1.